The maximum atomic E-state index is 12.4. The van der Waals surface area contributed by atoms with Gasteiger partial charge in [-0.1, -0.05) is 36.4 Å². The van der Waals surface area contributed by atoms with Gasteiger partial charge in [-0.2, -0.15) is 0 Å². The number of aliphatic hydroxyl groups excluding tert-OH is 1. The molecule has 2 aromatic rings. The van der Waals surface area contributed by atoms with Gasteiger partial charge in [-0.3, -0.25) is 4.79 Å². The zero-order chi connectivity index (χ0) is 15.0. The van der Waals surface area contributed by atoms with Crippen LogP contribution in [0.5, 0.6) is 0 Å². The molecule has 4 nitrogen and oxygen atoms in total. The molecule has 0 aliphatic heterocycles. The number of hydrogen-bond acceptors (Lipinski definition) is 3. The van der Waals surface area contributed by atoms with Crippen LogP contribution in [0.4, 0.5) is 5.69 Å². The second-order valence-corrected chi connectivity index (χ2v) is 5.46. The summed E-state index contributed by atoms with van der Waals surface area (Å²) in [4.78, 5) is 12.4. The number of anilines is 1. The molecule has 3 rings (SSSR count). The Morgan fingerprint density at radius 2 is 2.00 bits per heavy atom. The van der Waals surface area contributed by atoms with Gasteiger partial charge in [-0.25, -0.2) is 0 Å². The number of carbonyl (C=O) groups is 1. The molecular weight excluding hydrogens is 264 g/mol. The second-order valence-electron chi connectivity index (χ2n) is 5.46. The Kier molecular flexibility index (Phi) is 3.39. The van der Waals surface area contributed by atoms with Gasteiger partial charge >= 0.3 is 0 Å². The number of para-hydroxylation sites is 1. The fraction of sp³-hybridized carbons (Fsp3) is 0.235. The largest absolute Gasteiger partial charge is 0.398 e. The van der Waals surface area contributed by atoms with Crippen LogP contribution in [0.1, 0.15) is 33.1 Å². The lowest BCUT2D eigenvalue weighted by Gasteiger charge is -2.19. The molecule has 0 aromatic heterocycles. The van der Waals surface area contributed by atoms with E-state index in [1.807, 2.05) is 37.3 Å². The van der Waals surface area contributed by atoms with Gasteiger partial charge in [0.1, 0.15) is 0 Å². The Bertz CT molecular complexity index is 697. The van der Waals surface area contributed by atoms with Crippen molar-refractivity contribution >= 4 is 11.6 Å². The second kappa shape index (κ2) is 5.22. The first-order valence-corrected chi connectivity index (χ1v) is 6.99. The molecule has 4 heteroatoms. The number of nitrogen functional groups attached to an aromatic ring is 1. The van der Waals surface area contributed by atoms with E-state index in [9.17, 15) is 9.90 Å². The van der Waals surface area contributed by atoms with E-state index >= 15 is 0 Å². The van der Waals surface area contributed by atoms with Crippen LogP contribution in [0, 0.1) is 6.92 Å². The summed E-state index contributed by atoms with van der Waals surface area (Å²) in [6, 6.07) is 12.8. The number of amides is 1. The van der Waals surface area contributed by atoms with Gasteiger partial charge in [0, 0.05) is 12.1 Å². The first kappa shape index (κ1) is 13.6. The van der Waals surface area contributed by atoms with E-state index in [0.717, 1.165) is 16.7 Å². The van der Waals surface area contributed by atoms with E-state index in [1.54, 1.807) is 12.1 Å². The summed E-state index contributed by atoms with van der Waals surface area (Å²) >= 11 is 0. The molecule has 1 amide bonds. The molecule has 108 valence electrons. The molecule has 2 atom stereocenters. The standard InChI is InChI=1S/C17H18N2O2/c1-10-5-4-8-13(15(10)18)17(21)19-16-12-7-3-2-6-11(12)9-14(16)20/h2-8,14,16,20H,9,18H2,1H3,(H,19,21)/t14-,16+/m0/s1. The molecule has 2 aromatic carbocycles. The summed E-state index contributed by atoms with van der Waals surface area (Å²) in [7, 11) is 0. The molecule has 0 radical (unpaired) electrons. The number of nitrogens with one attached hydrogen (secondary N) is 1. The van der Waals surface area contributed by atoms with Crippen LogP contribution < -0.4 is 11.1 Å². The predicted molar refractivity (Wildman–Crippen MR) is 82.0 cm³/mol. The van der Waals surface area contributed by atoms with E-state index in [1.165, 1.54) is 0 Å². The van der Waals surface area contributed by atoms with Crippen LogP contribution in [0.15, 0.2) is 42.5 Å². The summed E-state index contributed by atoms with van der Waals surface area (Å²) in [6.45, 7) is 1.87. The molecule has 1 aliphatic carbocycles. The maximum absolute atomic E-state index is 12.4. The van der Waals surface area contributed by atoms with Crippen molar-refractivity contribution in [2.45, 2.75) is 25.5 Å². The number of benzene rings is 2. The Morgan fingerprint density at radius 3 is 2.81 bits per heavy atom. The molecule has 0 spiro atoms. The van der Waals surface area contributed by atoms with Gasteiger partial charge in [0.25, 0.3) is 5.91 Å². The number of rotatable bonds is 2. The van der Waals surface area contributed by atoms with E-state index < -0.39 is 6.10 Å². The number of aliphatic hydroxyl groups is 1. The summed E-state index contributed by atoms with van der Waals surface area (Å²) in [6.07, 6.45) is -0.0397. The average molecular weight is 282 g/mol. The van der Waals surface area contributed by atoms with E-state index in [-0.39, 0.29) is 11.9 Å². The molecular formula is C17H18N2O2. The molecule has 0 fully saturated rings. The highest BCUT2D eigenvalue weighted by Gasteiger charge is 2.32. The normalized spacial score (nSPS) is 20.1. The third-order valence-corrected chi connectivity index (χ3v) is 4.06. The van der Waals surface area contributed by atoms with Crippen LogP contribution in [-0.4, -0.2) is 17.1 Å². The van der Waals surface area contributed by atoms with Gasteiger partial charge in [-0.15, -0.1) is 0 Å². The third-order valence-electron chi connectivity index (χ3n) is 4.06. The summed E-state index contributed by atoms with van der Waals surface area (Å²) in [5.74, 6) is -0.253. The highest BCUT2D eigenvalue weighted by molar-refractivity contribution is 6.00. The lowest BCUT2D eigenvalue weighted by atomic mass is 10.1. The Balaban J connectivity index is 1.87. The fourth-order valence-electron chi connectivity index (χ4n) is 2.85. The zero-order valence-electron chi connectivity index (χ0n) is 11.8. The van der Waals surface area contributed by atoms with Gasteiger partial charge in [0.2, 0.25) is 0 Å². The number of nitrogens with two attached hydrogens (primary N) is 1. The quantitative estimate of drug-likeness (QED) is 0.737. The first-order valence-electron chi connectivity index (χ1n) is 6.99. The summed E-state index contributed by atoms with van der Waals surface area (Å²) in [5.41, 5.74) is 9.82. The zero-order valence-corrected chi connectivity index (χ0v) is 11.8. The van der Waals surface area contributed by atoms with Gasteiger partial charge < -0.3 is 16.2 Å². The van der Waals surface area contributed by atoms with E-state index in [0.29, 0.717) is 17.7 Å². The monoisotopic (exact) mass is 282 g/mol. The van der Waals surface area contributed by atoms with E-state index in [4.69, 9.17) is 5.73 Å². The molecule has 0 heterocycles. The lowest BCUT2D eigenvalue weighted by molar-refractivity contribution is 0.0859. The molecule has 1 aliphatic rings. The topological polar surface area (TPSA) is 75.3 Å². The molecule has 0 saturated carbocycles. The fourth-order valence-corrected chi connectivity index (χ4v) is 2.85. The van der Waals surface area contributed by atoms with Crippen molar-refractivity contribution in [1.29, 1.82) is 0 Å². The minimum atomic E-state index is -0.600. The van der Waals surface area contributed by atoms with Gasteiger partial charge in [0.15, 0.2) is 0 Å². The predicted octanol–water partition coefficient (Wildman–Crippen LogP) is 1.97. The van der Waals surface area contributed by atoms with Crippen molar-refractivity contribution in [2.75, 3.05) is 5.73 Å². The van der Waals surface area contributed by atoms with Crippen LogP contribution >= 0.6 is 0 Å². The van der Waals surface area contributed by atoms with Crippen LogP contribution in [-0.2, 0) is 6.42 Å². The van der Waals surface area contributed by atoms with Gasteiger partial charge in [-0.05, 0) is 29.7 Å². The van der Waals surface area contributed by atoms with E-state index in [2.05, 4.69) is 5.32 Å². The molecule has 0 bridgehead atoms. The average Bonchev–Trinajstić information content (AvgIpc) is 2.78. The van der Waals surface area contributed by atoms with Crippen molar-refractivity contribution in [2.24, 2.45) is 0 Å². The van der Waals surface area contributed by atoms with Crippen molar-refractivity contribution in [3.05, 3.63) is 64.7 Å². The SMILES string of the molecule is Cc1cccc(C(=O)N[C@@H]2c3ccccc3C[C@@H]2O)c1N. The Morgan fingerprint density at radius 1 is 1.24 bits per heavy atom. The van der Waals surface area contributed by atoms with Crippen LogP contribution in [0.3, 0.4) is 0 Å². The lowest BCUT2D eigenvalue weighted by Crippen LogP contribution is -2.34. The molecule has 4 N–H and O–H groups in total. The van der Waals surface area contributed by atoms with Crippen molar-refractivity contribution in [3.63, 3.8) is 0 Å². The summed E-state index contributed by atoms with van der Waals surface area (Å²) in [5, 5.41) is 13.1. The highest BCUT2D eigenvalue weighted by atomic mass is 16.3. The van der Waals surface area contributed by atoms with Crippen LogP contribution in [0.2, 0.25) is 0 Å². The third kappa shape index (κ3) is 2.38. The minimum Gasteiger partial charge on any atom is -0.398 e. The molecule has 21 heavy (non-hydrogen) atoms. The number of hydrogen-bond donors (Lipinski definition) is 3. The van der Waals surface area contributed by atoms with Crippen molar-refractivity contribution in [3.8, 4) is 0 Å². The Hall–Kier alpha value is -2.33. The number of carbonyl (C=O) groups excluding carboxylic acids is 1. The molecule has 0 unspecified atom stereocenters. The highest BCUT2D eigenvalue weighted by Crippen LogP contribution is 2.31. The number of aryl methyl sites for hydroxylation is 1. The van der Waals surface area contributed by atoms with Crippen molar-refractivity contribution in [1.82, 2.24) is 5.32 Å². The first-order chi connectivity index (χ1) is 10.1. The molecule has 0 saturated heterocycles. The smallest absolute Gasteiger partial charge is 0.253 e. The van der Waals surface area contributed by atoms with Gasteiger partial charge in [0.05, 0.1) is 17.7 Å². The van der Waals surface area contributed by atoms with Crippen molar-refractivity contribution < 1.29 is 9.90 Å². The minimum absolute atomic E-state index is 0.253. The number of fused-ring (bicyclic) bond motifs is 1. The van der Waals surface area contributed by atoms with Crippen LogP contribution in [0.25, 0.3) is 0 Å². The summed E-state index contributed by atoms with van der Waals surface area (Å²) < 4.78 is 0. The maximum Gasteiger partial charge on any atom is 0.253 e. The Labute approximate surface area is 123 Å².